The molecule has 0 aliphatic heterocycles. The maximum Gasteiger partial charge on any atom is 0.340 e. The normalized spacial score (nSPS) is 12.6. The van der Waals surface area contributed by atoms with Crippen LogP contribution in [0.3, 0.4) is 0 Å². The van der Waals surface area contributed by atoms with Crippen LogP contribution in [0.15, 0.2) is 28.4 Å². The van der Waals surface area contributed by atoms with E-state index >= 15 is 0 Å². The summed E-state index contributed by atoms with van der Waals surface area (Å²) < 4.78 is 4.46. The Morgan fingerprint density at radius 2 is 2.08 bits per heavy atom. The predicted octanol–water partition coefficient (Wildman–Crippen LogP) is 2.45. The monoisotopic (exact) mass is 221 g/mol. The Labute approximate surface area is 86.7 Å². The summed E-state index contributed by atoms with van der Waals surface area (Å²) >= 11 is 11.0. The molecule has 0 unspecified atom stereocenters. The Kier molecular flexibility index (Phi) is 5.42. The molecule has 0 amide bonds. The minimum atomic E-state index is -0.561. The minimum Gasteiger partial charge on any atom is -0.465 e. The first-order valence-corrected chi connectivity index (χ1v) is 4.12. The van der Waals surface area contributed by atoms with Gasteiger partial charge in [0.25, 0.3) is 0 Å². The molecule has 0 aromatic heterocycles. The van der Waals surface area contributed by atoms with Gasteiger partial charge in [0.15, 0.2) is 0 Å². The molecule has 0 saturated heterocycles. The summed E-state index contributed by atoms with van der Waals surface area (Å²) in [6, 6.07) is 0. The lowest BCUT2D eigenvalue weighted by molar-refractivity contribution is -0.135. The first kappa shape index (κ1) is 12.2. The Balaban J connectivity index is 4.81. The molecule has 0 radical (unpaired) electrons. The Hall–Kier alpha value is -0.800. The minimum absolute atomic E-state index is 0.00764. The largest absolute Gasteiger partial charge is 0.465 e. The molecule has 3 nitrogen and oxygen atoms in total. The summed E-state index contributed by atoms with van der Waals surface area (Å²) in [5.41, 5.74) is 0.158. The lowest BCUT2D eigenvalue weighted by Crippen LogP contribution is -2.10. The molecule has 0 aromatic rings. The molecule has 0 N–H and O–H groups in total. The highest BCUT2D eigenvalue weighted by molar-refractivity contribution is 6.72. The van der Waals surface area contributed by atoms with Gasteiger partial charge in [-0.25, -0.2) is 9.79 Å². The average molecular weight is 222 g/mol. The van der Waals surface area contributed by atoms with E-state index in [1.54, 1.807) is 6.92 Å². The molecule has 0 saturated carbocycles. The van der Waals surface area contributed by atoms with Gasteiger partial charge in [-0.05, 0) is 6.92 Å². The van der Waals surface area contributed by atoms with Gasteiger partial charge in [0.05, 0.1) is 12.7 Å². The van der Waals surface area contributed by atoms with Crippen LogP contribution in [-0.4, -0.2) is 18.2 Å². The fraction of sp³-hybridized carbons (Fsp3) is 0.250. The summed E-state index contributed by atoms with van der Waals surface area (Å²) in [4.78, 5) is 14.6. The first-order valence-electron chi connectivity index (χ1n) is 3.36. The molecule has 0 aromatic carbocycles. The molecule has 0 fully saturated rings. The fourth-order valence-electron chi connectivity index (χ4n) is 0.598. The van der Waals surface area contributed by atoms with Crippen LogP contribution in [0.25, 0.3) is 0 Å². The molecule has 0 rings (SSSR count). The van der Waals surface area contributed by atoms with Crippen molar-refractivity contribution in [2.75, 3.05) is 7.11 Å². The van der Waals surface area contributed by atoms with Crippen LogP contribution in [0.1, 0.15) is 6.92 Å². The molecule has 0 heterocycles. The van der Waals surface area contributed by atoms with Gasteiger partial charge < -0.3 is 4.74 Å². The van der Waals surface area contributed by atoms with E-state index in [1.165, 1.54) is 13.2 Å². The van der Waals surface area contributed by atoms with Crippen LogP contribution in [0, 0.1) is 0 Å². The van der Waals surface area contributed by atoms with Crippen molar-refractivity contribution in [3.05, 3.63) is 23.4 Å². The summed E-state index contributed by atoms with van der Waals surface area (Å²) in [5.74, 6) is -0.561. The van der Waals surface area contributed by atoms with Crippen molar-refractivity contribution in [3.8, 4) is 0 Å². The van der Waals surface area contributed by atoms with Crippen LogP contribution in [0.2, 0.25) is 0 Å². The molecule has 0 atom stereocenters. The first-order chi connectivity index (χ1) is 6.02. The quantitative estimate of drug-likeness (QED) is 0.318. The van der Waals surface area contributed by atoms with Crippen LogP contribution in [0.5, 0.6) is 0 Å². The van der Waals surface area contributed by atoms with Crippen LogP contribution >= 0.6 is 23.2 Å². The van der Waals surface area contributed by atoms with E-state index in [-0.39, 0.29) is 15.9 Å². The van der Waals surface area contributed by atoms with Gasteiger partial charge in [0.2, 0.25) is 0 Å². The van der Waals surface area contributed by atoms with E-state index in [2.05, 4.69) is 16.3 Å². The van der Waals surface area contributed by atoms with Gasteiger partial charge in [0, 0.05) is 0 Å². The number of halogens is 2. The highest BCUT2D eigenvalue weighted by Crippen LogP contribution is 2.09. The van der Waals surface area contributed by atoms with E-state index in [0.717, 1.165) is 0 Å². The van der Waals surface area contributed by atoms with E-state index in [9.17, 15) is 4.79 Å². The zero-order valence-corrected chi connectivity index (χ0v) is 8.82. The number of aliphatic imine (C=N–C) groups is 1. The lowest BCUT2D eigenvalue weighted by Gasteiger charge is -2.01. The van der Waals surface area contributed by atoms with Crippen molar-refractivity contribution in [2.45, 2.75) is 6.92 Å². The zero-order chi connectivity index (χ0) is 10.4. The number of nitrogens with zero attached hydrogens (tertiary/aromatic N) is 1. The van der Waals surface area contributed by atoms with Crippen molar-refractivity contribution < 1.29 is 9.53 Å². The third-order valence-corrected chi connectivity index (χ3v) is 1.51. The standard InChI is InChI=1S/C8H9Cl2NO2/c1-4-6(8(12)13-3)7(10)11-5(2)9/h4H,2H2,1,3H3/b6-4+,11-7?. The van der Waals surface area contributed by atoms with Gasteiger partial charge in [-0.1, -0.05) is 35.9 Å². The maximum atomic E-state index is 11.0. The molecule has 0 aliphatic rings. The highest BCUT2D eigenvalue weighted by Gasteiger charge is 2.13. The van der Waals surface area contributed by atoms with Crippen molar-refractivity contribution in [3.63, 3.8) is 0 Å². The number of ether oxygens (including phenoxy) is 1. The third kappa shape index (κ3) is 4.10. The van der Waals surface area contributed by atoms with E-state index < -0.39 is 5.97 Å². The number of methoxy groups -OCH3 is 1. The van der Waals surface area contributed by atoms with E-state index in [4.69, 9.17) is 23.2 Å². The van der Waals surface area contributed by atoms with Gasteiger partial charge in [0.1, 0.15) is 10.3 Å². The number of carbonyl (C=O) groups is 1. The Morgan fingerprint density at radius 3 is 2.38 bits per heavy atom. The molecule has 5 heteroatoms. The molecule has 0 spiro atoms. The SMILES string of the molecule is C=C(Cl)N=C(Cl)/C(=C\C)C(=O)OC. The maximum absolute atomic E-state index is 11.0. The molecular weight excluding hydrogens is 213 g/mol. The predicted molar refractivity (Wildman–Crippen MR) is 54.1 cm³/mol. The van der Waals surface area contributed by atoms with Crippen molar-refractivity contribution in [1.29, 1.82) is 0 Å². The van der Waals surface area contributed by atoms with Crippen molar-refractivity contribution in [1.82, 2.24) is 0 Å². The molecular formula is C8H9Cl2NO2. The zero-order valence-electron chi connectivity index (χ0n) is 7.30. The summed E-state index contributed by atoms with van der Waals surface area (Å²) in [6.07, 6.45) is 1.48. The number of rotatable bonds is 3. The second-order valence-corrected chi connectivity index (χ2v) is 2.77. The Bertz CT molecular complexity index is 282. The summed E-state index contributed by atoms with van der Waals surface area (Å²) in [5, 5.41) is -0.0254. The number of hydrogen-bond donors (Lipinski definition) is 0. The highest BCUT2D eigenvalue weighted by atomic mass is 35.5. The van der Waals surface area contributed by atoms with E-state index in [0.29, 0.717) is 0 Å². The summed E-state index contributed by atoms with van der Waals surface area (Å²) in [7, 11) is 1.26. The average Bonchev–Trinajstić information content (AvgIpc) is 2.03. The number of esters is 1. The van der Waals surface area contributed by atoms with E-state index in [1.807, 2.05) is 0 Å². The second-order valence-electron chi connectivity index (χ2n) is 1.97. The van der Waals surface area contributed by atoms with Crippen LogP contribution in [0.4, 0.5) is 0 Å². The topological polar surface area (TPSA) is 38.7 Å². The van der Waals surface area contributed by atoms with Gasteiger partial charge in [-0.2, -0.15) is 0 Å². The fourth-order valence-corrected chi connectivity index (χ4v) is 1.01. The number of allylic oxidation sites excluding steroid dienone is 1. The van der Waals surface area contributed by atoms with Crippen LogP contribution < -0.4 is 0 Å². The van der Waals surface area contributed by atoms with Crippen molar-refractivity contribution in [2.24, 2.45) is 4.99 Å². The van der Waals surface area contributed by atoms with Crippen LogP contribution in [-0.2, 0) is 9.53 Å². The Morgan fingerprint density at radius 1 is 1.54 bits per heavy atom. The molecule has 0 bridgehead atoms. The van der Waals surface area contributed by atoms with Crippen molar-refractivity contribution >= 4 is 34.3 Å². The third-order valence-electron chi connectivity index (χ3n) is 1.14. The smallest absolute Gasteiger partial charge is 0.340 e. The number of hydrogen-bond acceptors (Lipinski definition) is 3. The van der Waals surface area contributed by atoms with Gasteiger partial charge >= 0.3 is 5.97 Å². The molecule has 72 valence electrons. The van der Waals surface area contributed by atoms with Gasteiger partial charge in [-0.15, -0.1) is 0 Å². The molecule has 0 aliphatic carbocycles. The second kappa shape index (κ2) is 5.78. The number of carbonyl (C=O) groups excluding carboxylic acids is 1. The lowest BCUT2D eigenvalue weighted by atomic mass is 10.3. The van der Waals surface area contributed by atoms with Gasteiger partial charge in [-0.3, -0.25) is 0 Å². The summed E-state index contributed by atoms with van der Waals surface area (Å²) in [6.45, 7) is 4.95. The molecule has 13 heavy (non-hydrogen) atoms.